The van der Waals surface area contributed by atoms with Crippen molar-refractivity contribution in [3.8, 4) is 17.8 Å². The van der Waals surface area contributed by atoms with Crippen LogP contribution in [0, 0.1) is 25.2 Å². The Kier molecular flexibility index (Phi) is 12.4. The molecule has 0 radical (unpaired) electrons. The molecule has 2 saturated heterocycles. The number of hydrogen-bond acceptors (Lipinski definition) is 10. The summed E-state index contributed by atoms with van der Waals surface area (Å²) in [5, 5.41) is 8.98. The second kappa shape index (κ2) is 16.6. The van der Waals surface area contributed by atoms with Gasteiger partial charge in [-0.1, -0.05) is 18.2 Å². The standard InChI is InChI=1S/C18H22N4O2.C18H18N4O2.ClH/c2*1-12-2-5-17(21-10-12)24-14-6-7-22(11-14)16-4-3-13(9-19)8-15(16)18(20)23;/h2-5,8,10,14H,6-7,9,11,19H2,1H3,(H2,20,23);2-5,8,10,14H,6-7,11H2,1H3,(H2,20,23);1H/t2*14-;/m11./s1. The molecule has 0 aliphatic carbocycles. The van der Waals surface area contributed by atoms with Gasteiger partial charge >= 0.3 is 0 Å². The molecular weight excluding hydrogens is 644 g/mol. The van der Waals surface area contributed by atoms with Gasteiger partial charge in [-0.3, -0.25) is 9.59 Å². The SMILES string of the molecule is Cc1ccc(O[C@@H]2CCN(c3ccc(C#N)cc3C(N)=O)C2)nc1.Cc1ccc(O[C@@H]2CCN(c3ccc(CN)cc3C(N)=O)C2)nc1.Cl. The number of aromatic nitrogens is 2. The second-order valence-electron chi connectivity index (χ2n) is 11.9. The number of nitriles is 1. The van der Waals surface area contributed by atoms with Crippen molar-refractivity contribution < 1.29 is 19.1 Å². The number of aryl methyl sites for hydroxylation is 2. The zero-order valence-corrected chi connectivity index (χ0v) is 28.4. The van der Waals surface area contributed by atoms with E-state index < -0.39 is 11.8 Å². The van der Waals surface area contributed by atoms with E-state index in [4.69, 9.17) is 31.9 Å². The lowest BCUT2D eigenvalue weighted by Gasteiger charge is -2.21. The van der Waals surface area contributed by atoms with Crippen molar-refractivity contribution in [2.24, 2.45) is 17.2 Å². The zero-order valence-electron chi connectivity index (χ0n) is 27.5. The molecule has 13 heteroatoms. The number of ether oxygens (including phenoxy) is 2. The summed E-state index contributed by atoms with van der Waals surface area (Å²) in [6.07, 6.45) is 5.29. The summed E-state index contributed by atoms with van der Waals surface area (Å²) in [4.78, 5) is 36.2. The Bertz CT molecular complexity index is 1800. The Morgan fingerprint density at radius 3 is 1.71 bits per heavy atom. The van der Waals surface area contributed by atoms with Crippen LogP contribution in [0.3, 0.4) is 0 Å². The first-order valence-corrected chi connectivity index (χ1v) is 15.8. The number of benzene rings is 2. The Morgan fingerprint density at radius 2 is 1.29 bits per heavy atom. The number of hydrogen-bond donors (Lipinski definition) is 3. The van der Waals surface area contributed by atoms with Crippen LogP contribution in [-0.2, 0) is 6.54 Å². The van der Waals surface area contributed by atoms with E-state index in [-0.39, 0.29) is 24.6 Å². The third-order valence-corrected chi connectivity index (χ3v) is 8.27. The van der Waals surface area contributed by atoms with Gasteiger partial charge in [-0.15, -0.1) is 12.4 Å². The highest BCUT2D eigenvalue weighted by atomic mass is 35.5. The van der Waals surface area contributed by atoms with Gasteiger partial charge in [0.1, 0.15) is 12.2 Å². The molecule has 0 bridgehead atoms. The summed E-state index contributed by atoms with van der Waals surface area (Å²) in [6.45, 7) is 7.24. The van der Waals surface area contributed by atoms with E-state index in [2.05, 4.69) is 19.8 Å². The van der Waals surface area contributed by atoms with Crippen LogP contribution in [0.5, 0.6) is 11.8 Å². The van der Waals surface area contributed by atoms with E-state index in [1.165, 1.54) is 6.07 Å². The van der Waals surface area contributed by atoms with Gasteiger partial charge in [0.15, 0.2) is 0 Å². The van der Waals surface area contributed by atoms with Crippen LogP contribution in [-0.4, -0.2) is 60.2 Å². The predicted octanol–water partition coefficient (Wildman–Crippen LogP) is 4.05. The van der Waals surface area contributed by atoms with Gasteiger partial charge in [-0.25, -0.2) is 9.97 Å². The topological polar surface area (TPSA) is 187 Å². The lowest BCUT2D eigenvalue weighted by atomic mass is 10.1. The predicted molar refractivity (Wildman–Crippen MR) is 190 cm³/mol. The minimum Gasteiger partial charge on any atom is -0.472 e. The molecule has 2 aliphatic rings. The summed E-state index contributed by atoms with van der Waals surface area (Å²) in [6, 6.07) is 20.3. The van der Waals surface area contributed by atoms with Gasteiger partial charge in [0.05, 0.1) is 35.8 Å². The maximum absolute atomic E-state index is 11.8. The number of halogens is 1. The Hall–Kier alpha value is -5.38. The average Bonchev–Trinajstić information content (AvgIpc) is 3.76. The molecule has 0 unspecified atom stereocenters. The largest absolute Gasteiger partial charge is 0.472 e. The second-order valence-corrected chi connectivity index (χ2v) is 11.9. The number of nitrogens with zero attached hydrogens (tertiary/aromatic N) is 5. The van der Waals surface area contributed by atoms with E-state index in [0.717, 1.165) is 54.0 Å². The van der Waals surface area contributed by atoms with Crippen LogP contribution in [0.15, 0.2) is 73.1 Å². The fourth-order valence-electron chi connectivity index (χ4n) is 5.74. The molecular formula is C36H41ClN8O4. The molecule has 6 N–H and O–H groups in total. The first-order chi connectivity index (χ1) is 23.1. The summed E-state index contributed by atoms with van der Waals surface area (Å²) in [5.74, 6) is 0.250. The van der Waals surface area contributed by atoms with Gasteiger partial charge in [0, 0.05) is 68.4 Å². The fraction of sp³-hybridized carbons (Fsp3) is 0.306. The molecule has 2 aromatic heterocycles. The van der Waals surface area contributed by atoms with E-state index in [1.807, 2.05) is 56.3 Å². The van der Waals surface area contributed by atoms with Crippen molar-refractivity contribution in [1.82, 2.24) is 9.97 Å². The first-order valence-electron chi connectivity index (χ1n) is 15.8. The Morgan fingerprint density at radius 1 is 0.796 bits per heavy atom. The Labute approximate surface area is 292 Å². The Balaban J connectivity index is 0.000000216. The first kappa shape index (κ1) is 36.5. The number of amides is 2. The van der Waals surface area contributed by atoms with Gasteiger partial charge in [0.25, 0.3) is 11.8 Å². The van der Waals surface area contributed by atoms with Crippen molar-refractivity contribution in [2.75, 3.05) is 36.0 Å². The number of pyridine rings is 2. The van der Waals surface area contributed by atoms with E-state index >= 15 is 0 Å². The van der Waals surface area contributed by atoms with Crippen molar-refractivity contribution in [3.05, 3.63) is 106 Å². The van der Waals surface area contributed by atoms with Crippen molar-refractivity contribution in [1.29, 1.82) is 5.26 Å². The number of carbonyl (C=O) groups excluding carboxylic acids is 2. The lowest BCUT2D eigenvalue weighted by Crippen LogP contribution is -2.27. The molecule has 0 saturated carbocycles. The maximum atomic E-state index is 11.8. The molecule has 2 atom stereocenters. The molecule has 0 spiro atoms. The maximum Gasteiger partial charge on any atom is 0.250 e. The number of anilines is 2. The minimum atomic E-state index is -0.535. The van der Waals surface area contributed by atoms with E-state index in [9.17, 15) is 9.59 Å². The van der Waals surface area contributed by atoms with Gasteiger partial charge in [0.2, 0.25) is 11.8 Å². The molecule has 2 aliphatic heterocycles. The highest BCUT2D eigenvalue weighted by Gasteiger charge is 2.28. The minimum absolute atomic E-state index is 0. The van der Waals surface area contributed by atoms with Crippen LogP contribution in [0.25, 0.3) is 0 Å². The highest BCUT2D eigenvalue weighted by molar-refractivity contribution is 5.99. The molecule has 4 aromatic rings. The molecule has 256 valence electrons. The molecule has 2 aromatic carbocycles. The molecule has 6 rings (SSSR count). The van der Waals surface area contributed by atoms with Crippen LogP contribution in [0.1, 0.15) is 55.8 Å². The monoisotopic (exact) mass is 684 g/mol. The quantitative estimate of drug-likeness (QED) is 0.232. The molecule has 49 heavy (non-hydrogen) atoms. The van der Waals surface area contributed by atoms with Gasteiger partial charge < -0.3 is 36.5 Å². The van der Waals surface area contributed by atoms with Crippen molar-refractivity contribution in [3.63, 3.8) is 0 Å². The van der Waals surface area contributed by atoms with Crippen LogP contribution in [0.2, 0.25) is 0 Å². The molecule has 2 amide bonds. The third kappa shape index (κ3) is 9.37. The van der Waals surface area contributed by atoms with Crippen LogP contribution >= 0.6 is 12.4 Å². The molecule has 12 nitrogen and oxygen atoms in total. The van der Waals surface area contributed by atoms with Crippen LogP contribution < -0.4 is 36.5 Å². The van der Waals surface area contributed by atoms with Crippen molar-refractivity contribution >= 4 is 35.6 Å². The molecule has 4 heterocycles. The summed E-state index contributed by atoms with van der Waals surface area (Å²) < 4.78 is 11.8. The van der Waals surface area contributed by atoms with E-state index in [0.29, 0.717) is 48.1 Å². The number of primary amides is 2. The zero-order chi connectivity index (χ0) is 34.2. The van der Waals surface area contributed by atoms with Gasteiger partial charge in [-0.05, 0) is 60.9 Å². The summed E-state index contributed by atoms with van der Waals surface area (Å²) in [7, 11) is 0. The lowest BCUT2D eigenvalue weighted by molar-refractivity contribution is 0.0992. The number of carbonyl (C=O) groups is 2. The normalized spacial score (nSPS) is 16.5. The van der Waals surface area contributed by atoms with Crippen molar-refractivity contribution in [2.45, 2.75) is 45.4 Å². The third-order valence-electron chi connectivity index (χ3n) is 8.27. The fourth-order valence-corrected chi connectivity index (χ4v) is 5.74. The van der Waals surface area contributed by atoms with E-state index in [1.54, 1.807) is 30.6 Å². The smallest absolute Gasteiger partial charge is 0.250 e. The van der Waals surface area contributed by atoms with Crippen LogP contribution in [0.4, 0.5) is 11.4 Å². The van der Waals surface area contributed by atoms with Gasteiger partial charge in [-0.2, -0.15) is 5.26 Å². The highest BCUT2D eigenvalue weighted by Crippen LogP contribution is 2.29. The number of nitrogens with two attached hydrogens (primary N) is 3. The number of rotatable bonds is 9. The summed E-state index contributed by atoms with van der Waals surface area (Å²) >= 11 is 0. The summed E-state index contributed by atoms with van der Waals surface area (Å²) in [5.41, 5.74) is 22.6. The average molecular weight is 685 g/mol. The molecule has 2 fully saturated rings.